The van der Waals surface area contributed by atoms with Gasteiger partial charge in [-0.2, -0.15) is 11.8 Å². The number of thioether (sulfide) groups is 1. The standard InChI is InChI=1S/C14H23N5OS/c1-2-13(20-6-1)8-18(12-5-7-21-10-12)9-14-15-16-17-19(14)11-3-4-11/h11-13H,1-10H2/t12-,13-/m0/s1. The third kappa shape index (κ3) is 3.24. The summed E-state index contributed by atoms with van der Waals surface area (Å²) < 4.78 is 7.89. The summed E-state index contributed by atoms with van der Waals surface area (Å²) in [6, 6.07) is 1.21. The topological polar surface area (TPSA) is 56.1 Å². The molecule has 7 heteroatoms. The van der Waals surface area contributed by atoms with Gasteiger partial charge in [0.25, 0.3) is 0 Å². The average molecular weight is 309 g/mol. The minimum atomic E-state index is 0.404. The molecular formula is C14H23N5OS. The van der Waals surface area contributed by atoms with E-state index in [9.17, 15) is 0 Å². The molecule has 0 bridgehead atoms. The van der Waals surface area contributed by atoms with Crippen molar-refractivity contribution in [3.63, 3.8) is 0 Å². The largest absolute Gasteiger partial charge is 0.377 e. The normalized spacial score (nSPS) is 29.6. The van der Waals surface area contributed by atoms with Crippen molar-refractivity contribution in [1.82, 2.24) is 25.1 Å². The number of hydrogen-bond donors (Lipinski definition) is 0. The van der Waals surface area contributed by atoms with E-state index in [0.717, 1.165) is 25.5 Å². The fourth-order valence-electron chi connectivity index (χ4n) is 3.30. The zero-order chi connectivity index (χ0) is 14.1. The van der Waals surface area contributed by atoms with Crippen molar-refractivity contribution in [1.29, 1.82) is 0 Å². The van der Waals surface area contributed by atoms with Crippen LogP contribution in [0, 0.1) is 0 Å². The second kappa shape index (κ2) is 6.22. The fraction of sp³-hybridized carbons (Fsp3) is 0.929. The molecule has 1 aromatic rings. The molecule has 0 amide bonds. The first-order valence-electron chi connectivity index (χ1n) is 8.10. The summed E-state index contributed by atoms with van der Waals surface area (Å²) in [4.78, 5) is 2.57. The van der Waals surface area contributed by atoms with E-state index >= 15 is 0 Å². The molecule has 0 N–H and O–H groups in total. The Morgan fingerprint density at radius 1 is 1.29 bits per heavy atom. The minimum Gasteiger partial charge on any atom is -0.377 e. The minimum absolute atomic E-state index is 0.404. The molecule has 2 atom stereocenters. The molecule has 6 nitrogen and oxygen atoms in total. The summed E-state index contributed by atoms with van der Waals surface area (Å²) in [5.41, 5.74) is 0. The number of ether oxygens (including phenoxy) is 1. The Balaban J connectivity index is 1.46. The lowest BCUT2D eigenvalue weighted by molar-refractivity contribution is 0.0558. The molecule has 1 aromatic heterocycles. The van der Waals surface area contributed by atoms with Gasteiger partial charge in [-0.25, -0.2) is 4.68 Å². The second-order valence-electron chi connectivity index (χ2n) is 6.35. The maximum Gasteiger partial charge on any atom is 0.165 e. The quantitative estimate of drug-likeness (QED) is 0.793. The van der Waals surface area contributed by atoms with Gasteiger partial charge in [-0.1, -0.05) is 0 Å². The monoisotopic (exact) mass is 309 g/mol. The first-order valence-corrected chi connectivity index (χ1v) is 9.26. The highest BCUT2D eigenvalue weighted by atomic mass is 32.2. The van der Waals surface area contributed by atoms with Gasteiger partial charge in [-0.05, 0) is 48.3 Å². The van der Waals surface area contributed by atoms with E-state index < -0.39 is 0 Å². The fourth-order valence-corrected chi connectivity index (χ4v) is 4.56. The molecule has 0 unspecified atom stereocenters. The van der Waals surface area contributed by atoms with Crippen molar-refractivity contribution in [3.05, 3.63) is 5.82 Å². The third-order valence-corrected chi connectivity index (χ3v) is 5.83. The maximum atomic E-state index is 5.85. The predicted octanol–water partition coefficient (Wildman–Crippen LogP) is 1.49. The predicted molar refractivity (Wildman–Crippen MR) is 81.2 cm³/mol. The van der Waals surface area contributed by atoms with Gasteiger partial charge in [-0.15, -0.1) is 5.10 Å². The van der Waals surface area contributed by atoms with E-state index in [1.165, 1.54) is 43.6 Å². The number of tetrazole rings is 1. The van der Waals surface area contributed by atoms with Crippen molar-refractivity contribution in [2.45, 2.75) is 56.8 Å². The summed E-state index contributed by atoms with van der Waals surface area (Å²) in [7, 11) is 0. The molecule has 3 fully saturated rings. The summed E-state index contributed by atoms with van der Waals surface area (Å²) >= 11 is 2.06. The molecule has 0 spiro atoms. The molecule has 2 aliphatic heterocycles. The van der Waals surface area contributed by atoms with Gasteiger partial charge in [0.1, 0.15) is 0 Å². The lowest BCUT2D eigenvalue weighted by Gasteiger charge is -2.29. The zero-order valence-corrected chi connectivity index (χ0v) is 13.2. The average Bonchev–Trinajstić information content (AvgIpc) is 2.94. The Bertz CT molecular complexity index is 466. The van der Waals surface area contributed by atoms with Crippen LogP contribution in [-0.4, -0.2) is 61.9 Å². The van der Waals surface area contributed by atoms with Crippen LogP contribution < -0.4 is 0 Å². The van der Waals surface area contributed by atoms with E-state index in [1.807, 2.05) is 4.68 Å². The molecule has 3 heterocycles. The van der Waals surface area contributed by atoms with Crippen LogP contribution in [0.5, 0.6) is 0 Å². The van der Waals surface area contributed by atoms with Gasteiger partial charge in [0.05, 0.1) is 18.7 Å². The SMILES string of the molecule is C1CO[C@H](CN(Cc2nnnn2C2CC2)[C@H]2CCSC2)C1. The Kier molecular flexibility index (Phi) is 4.14. The molecule has 116 valence electrons. The van der Waals surface area contributed by atoms with Crippen molar-refractivity contribution in [2.75, 3.05) is 24.7 Å². The van der Waals surface area contributed by atoms with Crippen LogP contribution in [0.1, 0.15) is 44.0 Å². The molecule has 0 radical (unpaired) electrons. The first-order chi connectivity index (χ1) is 10.4. The molecule has 4 rings (SSSR count). The van der Waals surface area contributed by atoms with Crippen LogP contribution in [0.4, 0.5) is 0 Å². The van der Waals surface area contributed by atoms with E-state index in [-0.39, 0.29) is 0 Å². The molecule has 21 heavy (non-hydrogen) atoms. The van der Waals surface area contributed by atoms with Crippen LogP contribution in [0.25, 0.3) is 0 Å². The van der Waals surface area contributed by atoms with E-state index in [1.54, 1.807) is 0 Å². The highest BCUT2D eigenvalue weighted by molar-refractivity contribution is 7.99. The van der Waals surface area contributed by atoms with Gasteiger partial charge in [0.2, 0.25) is 0 Å². The highest BCUT2D eigenvalue weighted by Gasteiger charge is 2.31. The smallest absolute Gasteiger partial charge is 0.165 e. The van der Waals surface area contributed by atoms with Crippen molar-refractivity contribution >= 4 is 11.8 Å². The number of aromatic nitrogens is 4. The lowest BCUT2D eigenvalue weighted by Crippen LogP contribution is -2.40. The molecular weight excluding hydrogens is 286 g/mol. The van der Waals surface area contributed by atoms with Crippen LogP contribution in [-0.2, 0) is 11.3 Å². The van der Waals surface area contributed by atoms with Gasteiger partial charge < -0.3 is 4.74 Å². The van der Waals surface area contributed by atoms with Crippen LogP contribution in [0.15, 0.2) is 0 Å². The molecule has 3 aliphatic rings. The molecule has 2 saturated heterocycles. The Labute approximate surface area is 129 Å². The summed E-state index contributed by atoms with van der Waals surface area (Å²) in [5.74, 6) is 3.55. The molecule has 1 aliphatic carbocycles. The van der Waals surface area contributed by atoms with Crippen LogP contribution in [0.3, 0.4) is 0 Å². The van der Waals surface area contributed by atoms with E-state index in [0.29, 0.717) is 18.2 Å². The molecule has 1 saturated carbocycles. The first kappa shape index (κ1) is 14.0. The zero-order valence-electron chi connectivity index (χ0n) is 12.4. The van der Waals surface area contributed by atoms with E-state index in [2.05, 4.69) is 32.2 Å². The Hall–Kier alpha value is -0.660. The lowest BCUT2D eigenvalue weighted by atomic mass is 10.1. The second-order valence-corrected chi connectivity index (χ2v) is 7.50. The summed E-state index contributed by atoms with van der Waals surface area (Å²) in [6.07, 6.45) is 6.54. The van der Waals surface area contributed by atoms with Crippen LogP contribution in [0.2, 0.25) is 0 Å². The Morgan fingerprint density at radius 3 is 2.95 bits per heavy atom. The van der Waals surface area contributed by atoms with Gasteiger partial charge >= 0.3 is 0 Å². The summed E-state index contributed by atoms with van der Waals surface area (Å²) in [5, 5.41) is 12.4. The molecule has 0 aromatic carbocycles. The number of hydrogen-bond acceptors (Lipinski definition) is 6. The van der Waals surface area contributed by atoms with Gasteiger partial charge in [-0.3, -0.25) is 4.90 Å². The third-order valence-electron chi connectivity index (χ3n) is 4.68. The van der Waals surface area contributed by atoms with Crippen LogP contribution >= 0.6 is 11.8 Å². The summed E-state index contributed by atoms with van der Waals surface area (Å²) in [6.45, 7) is 2.83. The van der Waals surface area contributed by atoms with Gasteiger partial charge in [0, 0.05) is 24.9 Å². The van der Waals surface area contributed by atoms with Crippen molar-refractivity contribution < 1.29 is 4.74 Å². The van der Waals surface area contributed by atoms with Crippen molar-refractivity contribution in [3.8, 4) is 0 Å². The van der Waals surface area contributed by atoms with Crippen molar-refractivity contribution in [2.24, 2.45) is 0 Å². The van der Waals surface area contributed by atoms with E-state index in [4.69, 9.17) is 4.74 Å². The number of rotatable bonds is 6. The van der Waals surface area contributed by atoms with Gasteiger partial charge in [0.15, 0.2) is 5.82 Å². The maximum absolute atomic E-state index is 5.85. The Morgan fingerprint density at radius 2 is 2.24 bits per heavy atom. The number of nitrogens with zero attached hydrogens (tertiary/aromatic N) is 5. The highest BCUT2D eigenvalue weighted by Crippen LogP contribution is 2.35.